The normalized spacial score (nSPS) is 15.0. The Bertz CT molecular complexity index is 918. The van der Waals surface area contributed by atoms with E-state index in [0.29, 0.717) is 21.5 Å². The first kappa shape index (κ1) is 18.3. The maximum Gasteiger partial charge on any atom is 0.363 e. The lowest BCUT2D eigenvalue weighted by Gasteiger charge is -2.11. The highest BCUT2D eigenvalue weighted by Gasteiger charge is 2.25. The number of ether oxygens (including phenoxy) is 3. The van der Waals surface area contributed by atoms with E-state index in [2.05, 4.69) is 20.9 Å². The molecule has 1 aliphatic rings. The van der Waals surface area contributed by atoms with Crippen LogP contribution in [-0.2, 0) is 14.3 Å². The van der Waals surface area contributed by atoms with Crippen LogP contribution in [0.3, 0.4) is 0 Å². The summed E-state index contributed by atoms with van der Waals surface area (Å²) < 4.78 is 16.3. The van der Waals surface area contributed by atoms with Crippen molar-refractivity contribution in [3.05, 3.63) is 50.3 Å². The molecule has 1 aliphatic heterocycles. The molecule has 6 nitrogen and oxygen atoms in total. The Labute approximate surface area is 162 Å². The highest BCUT2D eigenvalue weighted by Crippen LogP contribution is 2.37. The summed E-state index contributed by atoms with van der Waals surface area (Å²) in [4.78, 5) is 28.7. The van der Waals surface area contributed by atoms with Crippen LogP contribution in [0.15, 0.2) is 44.8 Å². The van der Waals surface area contributed by atoms with E-state index in [9.17, 15) is 9.59 Å². The van der Waals surface area contributed by atoms with Gasteiger partial charge in [0, 0.05) is 6.42 Å². The summed E-state index contributed by atoms with van der Waals surface area (Å²) >= 11 is 4.81. The third-order valence-electron chi connectivity index (χ3n) is 3.41. The van der Waals surface area contributed by atoms with Gasteiger partial charge in [-0.3, -0.25) is 4.79 Å². The number of benzene rings is 1. The number of aliphatic imine (C=N–C) groups is 1. The van der Waals surface area contributed by atoms with Gasteiger partial charge in [0.1, 0.15) is 0 Å². The molecule has 0 amide bonds. The van der Waals surface area contributed by atoms with Gasteiger partial charge in [-0.15, -0.1) is 11.3 Å². The molecule has 0 N–H and O–H groups in total. The van der Waals surface area contributed by atoms with Gasteiger partial charge in [0.2, 0.25) is 5.90 Å². The van der Waals surface area contributed by atoms with Gasteiger partial charge in [0.15, 0.2) is 17.2 Å². The van der Waals surface area contributed by atoms with Gasteiger partial charge in [-0.2, -0.15) is 0 Å². The van der Waals surface area contributed by atoms with Crippen LogP contribution < -0.4 is 9.47 Å². The molecule has 0 fully saturated rings. The number of hydrogen-bond acceptors (Lipinski definition) is 7. The van der Waals surface area contributed by atoms with Crippen LogP contribution >= 0.6 is 27.3 Å². The zero-order chi connectivity index (χ0) is 18.7. The molecule has 2 aromatic rings. The molecule has 2 heterocycles. The molecule has 0 saturated carbocycles. The summed E-state index contributed by atoms with van der Waals surface area (Å²) in [6.45, 7) is 1.70. The van der Waals surface area contributed by atoms with Crippen molar-refractivity contribution in [2.75, 3.05) is 7.11 Å². The highest BCUT2D eigenvalue weighted by molar-refractivity contribution is 9.10. The van der Waals surface area contributed by atoms with Crippen LogP contribution in [0.1, 0.15) is 23.8 Å². The van der Waals surface area contributed by atoms with Crippen molar-refractivity contribution in [3.8, 4) is 11.5 Å². The van der Waals surface area contributed by atoms with E-state index >= 15 is 0 Å². The number of carbonyl (C=O) groups excluding carboxylic acids is 2. The van der Waals surface area contributed by atoms with E-state index in [1.54, 1.807) is 25.1 Å². The first-order chi connectivity index (χ1) is 12.5. The van der Waals surface area contributed by atoms with Crippen LogP contribution in [0.25, 0.3) is 6.08 Å². The molecule has 0 spiro atoms. The molecule has 0 radical (unpaired) electrons. The Balaban J connectivity index is 1.94. The van der Waals surface area contributed by atoms with Crippen molar-refractivity contribution in [2.45, 2.75) is 13.3 Å². The van der Waals surface area contributed by atoms with Gasteiger partial charge in [-0.05, 0) is 51.1 Å². The number of esters is 2. The van der Waals surface area contributed by atoms with Crippen LogP contribution in [0.2, 0.25) is 0 Å². The maximum atomic E-state index is 12.1. The fourth-order valence-electron chi connectivity index (χ4n) is 2.18. The van der Waals surface area contributed by atoms with Crippen molar-refractivity contribution in [1.82, 2.24) is 0 Å². The van der Waals surface area contributed by atoms with Crippen molar-refractivity contribution in [1.29, 1.82) is 0 Å². The van der Waals surface area contributed by atoms with Crippen molar-refractivity contribution >= 4 is 51.2 Å². The minimum absolute atomic E-state index is 0.181. The number of cyclic esters (lactones) is 1. The average molecular weight is 436 g/mol. The summed E-state index contributed by atoms with van der Waals surface area (Å²) in [6.07, 6.45) is 1.83. The van der Waals surface area contributed by atoms with E-state index < -0.39 is 5.97 Å². The van der Waals surface area contributed by atoms with E-state index in [1.165, 1.54) is 18.4 Å². The molecule has 0 unspecified atom stereocenters. The molecule has 26 heavy (non-hydrogen) atoms. The van der Waals surface area contributed by atoms with E-state index in [0.717, 1.165) is 4.88 Å². The summed E-state index contributed by atoms with van der Waals surface area (Å²) in [7, 11) is 1.47. The van der Waals surface area contributed by atoms with Gasteiger partial charge in [0.05, 0.1) is 16.5 Å². The predicted octanol–water partition coefficient (Wildman–Crippen LogP) is 4.18. The molecule has 134 valence electrons. The monoisotopic (exact) mass is 435 g/mol. The predicted molar refractivity (Wildman–Crippen MR) is 102 cm³/mol. The zero-order valence-corrected chi connectivity index (χ0v) is 16.3. The molecule has 8 heteroatoms. The Morgan fingerprint density at radius 1 is 1.42 bits per heavy atom. The van der Waals surface area contributed by atoms with Crippen LogP contribution in [0.5, 0.6) is 11.5 Å². The maximum absolute atomic E-state index is 12.1. The van der Waals surface area contributed by atoms with Crippen LogP contribution in [0.4, 0.5) is 0 Å². The van der Waals surface area contributed by atoms with Crippen LogP contribution in [0, 0.1) is 0 Å². The van der Waals surface area contributed by atoms with Crippen LogP contribution in [-0.4, -0.2) is 24.9 Å². The van der Waals surface area contributed by atoms with Crippen molar-refractivity contribution < 1.29 is 23.8 Å². The van der Waals surface area contributed by atoms with Crippen molar-refractivity contribution in [3.63, 3.8) is 0 Å². The third kappa shape index (κ3) is 3.86. The minimum Gasteiger partial charge on any atom is -0.493 e. The fraction of sp³-hybridized carbons (Fsp3) is 0.167. The summed E-state index contributed by atoms with van der Waals surface area (Å²) in [5.74, 6) is 0.0422. The summed E-state index contributed by atoms with van der Waals surface area (Å²) in [6, 6.07) is 7.05. The van der Waals surface area contributed by atoms with Gasteiger partial charge in [-0.25, -0.2) is 9.79 Å². The number of methoxy groups -OCH3 is 1. The molecule has 0 atom stereocenters. The topological polar surface area (TPSA) is 74.2 Å². The van der Waals surface area contributed by atoms with E-state index in [1.807, 2.05) is 17.5 Å². The SMILES string of the molecule is CCC(=O)Oc1c(Br)cc(/C=C2/N=C(c3cccs3)OC2=O)cc1OC. The number of hydrogen-bond donors (Lipinski definition) is 0. The van der Waals surface area contributed by atoms with E-state index in [-0.39, 0.29) is 24.0 Å². The molecule has 3 rings (SSSR count). The lowest BCUT2D eigenvalue weighted by Crippen LogP contribution is -2.07. The number of rotatable bonds is 5. The largest absolute Gasteiger partial charge is 0.493 e. The lowest BCUT2D eigenvalue weighted by molar-refractivity contribution is -0.134. The zero-order valence-electron chi connectivity index (χ0n) is 13.9. The van der Waals surface area contributed by atoms with Gasteiger partial charge in [-0.1, -0.05) is 13.0 Å². The van der Waals surface area contributed by atoms with Gasteiger partial charge >= 0.3 is 11.9 Å². The second-order valence-electron chi connectivity index (χ2n) is 5.18. The molecule has 1 aromatic carbocycles. The Morgan fingerprint density at radius 2 is 2.23 bits per heavy atom. The molecule has 0 saturated heterocycles. The number of thiophene rings is 1. The summed E-state index contributed by atoms with van der Waals surface area (Å²) in [5.41, 5.74) is 0.828. The molecular formula is C18H14BrNO5S. The third-order valence-corrected chi connectivity index (χ3v) is 4.86. The minimum atomic E-state index is -0.523. The first-order valence-corrected chi connectivity index (χ1v) is 9.33. The number of nitrogens with zero attached hydrogens (tertiary/aromatic N) is 1. The Kier molecular flexibility index (Phi) is 5.53. The highest BCUT2D eigenvalue weighted by atomic mass is 79.9. The molecule has 0 bridgehead atoms. The fourth-order valence-corrected chi connectivity index (χ4v) is 3.37. The Morgan fingerprint density at radius 3 is 2.88 bits per heavy atom. The standard InChI is InChI=1S/C18H14BrNO5S/c1-3-15(21)24-16-11(19)7-10(9-13(16)23-2)8-12-18(22)25-17(20-12)14-5-4-6-26-14/h4-9H,3H2,1-2H3/b12-8+. The molecule has 0 aliphatic carbocycles. The second kappa shape index (κ2) is 7.84. The number of carbonyl (C=O) groups is 2. The number of halogens is 1. The quantitative estimate of drug-likeness (QED) is 0.400. The smallest absolute Gasteiger partial charge is 0.363 e. The average Bonchev–Trinajstić information content (AvgIpc) is 3.27. The van der Waals surface area contributed by atoms with E-state index in [4.69, 9.17) is 14.2 Å². The Hall–Kier alpha value is -2.45. The first-order valence-electron chi connectivity index (χ1n) is 7.66. The van der Waals surface area contributed by atoms with Crippen molar-refractivity contribution in [2.24, 2.45) is 4.99 Å². The van der Waals surface area contributed by atoms with Gasteiger partial charge < -0.3 is 14.2 Å². The summed E-state index contributed by atoms with van der Waals surface area (Å²) in [5, 5.41) is 1.88. The lowest BCUT2D eigenvalue weighted by atomic mass is 10.1. The second-order valence-corrected chi connectivity index (χ2v) is 6.98. The molecule has 1 aromatic heterocycles. The van der Waals surface area contributed by atoms with Gasteiger partial charge in [0.25, 0.3) is 0 Å². The molecular weight excluding hydrogens is 422 g/mol.